The average molecular weight is 626 g/mol. The third-order valence-corrected chi connectivity index (χ3v) is 8.33. The van der Waals surface area contributed by atoms with Crippen LogP contribution in [0.25, 0.3) is 0 Å². The Balaban J connectivity index is 0.00000506. The zero-order valence-corrected chi connectivity index (χ0v) is 26.4. The second kappa shape index (κ2) is 14.4. The molecule has 0 aliphatic carbocycles. The van der Waals surface area contributed by atoms with Gasteiger partial charge in [-0.3, -0.25) is 33.8 Å². The van der Waals surface area contributed by atoms with Gasteiger partial charge < -0.3 is 35.3 Å². The number of fused-ring (bicyclic) bond motifs is 1. The van der Waals surface area contributed by atoms with Crippen molar-refractivity contribution in [3.63, 3.8) is 0 Å². The number of nitrogens with one attached hydrogen (secondary N) is 2. The van der Waals surface area contributed by atoms with Gasteiger partial charge in [0.1, 0.15) is 6.04 Å². The molecule has 1 aromatic rings. The molecule has 3 N–H and O–H groups in total. The first-order valence-electron chi connectivity index (χ1n) is 12.9. The van der Waals surface area contributed by atoms with Gasteiger partial charge in [0.25, 0.3) is 0 Å². The van der Waals surface area contributed by atoms with E-state index >= 15 is 0 Å². The summed E-state index contributed by atoms with van der Waals surface area (Å²) in [5.41, 5.74) is -0.496. The van der Waals surface area contributed by atoms with Crippen LogP contribution in [0.1, 0.15) is 25.5 Å². The molecule has 4 atom stereocenters. The SMILES string of the molecule is CCN1CCN(C(=O)NC(C(=O)NC(OC(C)=O)C2=C(C(=O)[O-])N3C(=O)[C@@H](CO)[C@H]3SC2)c2ccccc2)C(=O)C1=O.[Na+]. The summed E-state index contributed by atoms with van der Waals surface area (Å²) in [7, 11) is 0. The Morgan fingerprint density at radius 1 is 1.09 bits per heavy atom. The maximum atomic E-state index is 13.6. The van der Waals surface area contributed by atoms with E-state index in [2.05, 4.69) is 10.6 Å². The molecule has 3 aliphatic rings. The molecule has 2 fully saturated rings. The topological polar surface area (TPSA) is 206 Å². The fourth-order valence-electron chi connectivity index (χ4n) is 4.83. The van der Waals surface area contributed by atoms with E-state index in [1.54, 1.807) is 25.1 Å². The maximum Gasteiger partial charge on any atom is 1.00 e. The van der Waals surface area contributed by atoms with Crippen LogP contribution in [-0.4, -0.2) is 105 Å². The summed E-state index contributed by atoms with van der Waals surface area (Å²) in [6.45, 7) is 2.50. The maximum absolute atomic E-state index is 13.6. The molecule has 0 saturated carbocycles. The van der Waals surface area contributed by atoms with E-state index in [0.717, 1.165) is 23.6 Å². The minimum Gasteiger partial charge on any atom is -0.543 e. The largest absolute Gasteiger partial charge is 1.00 e. The number of amides is 6. The van der Waals surface area contributed by atoms with E-state index < -0.39 is 77.5 Å². The summed E-state index contributed by atoms with van der Waals surface area (Å²) in [4.78, 5) is 91.2. The number of esters is 1. The molecule has 1 aromatic carbocycles. The van der Waals surface area contributed by atoms with E-state index in [-0.39, 0.29) is 66.1 Å². The van der Waals surface area contributed by atoms with Crippen molar-refractivity contribution in [1.29, 1.82) is 0 Å². The van der Waals surface area contributed by atoms with Crippen LogP contribution < -0.4 is 45.3 Å². The van der Waals surface area contributed by atoms with Crippen LogP contribution in [0.15, 0.2) is 41.6 Å². The van der Waals surface area contributed by atoms with Gasteiger partial charge in [0.05, 0.1) is 29.6 Å². The van der Waals surface area contributed by atoms with E-state index in [1.807, 2.05) is 0 Å². The monoisotopic (exact) mass is 625 g/mol. The van der Waals surface area contributed by atoms with Crippen molar-refractivity contribution in [3.8, 4) is 0 Å². The van der Waals surface area contributed by atoms with E-state index in [0.29, 0.717) is 4.90 Å². The number of rotatable bonds is 9. The molecule has 4 rings (SSSR count). The first kappa shape index (κ1) is 34.1. The van der Waals surface area contributed by atoms with E-state index in [9.17, 15) is 43.8 Å². The molecular formula is C26H28N5NaO10S. The minimum absolute atomic E-state index is 0. The molecule has 3 heterocycles. The smallest absolute Gasteiger partial charge is 0.543 e. The number of ether oxygens (including phenoxy) is 1. The van der Waals surface area contributed by atoms with Gasteiger partial charge in [0.15, 0.2) is 0 Å². The molecule has 17 heteroatoms. The van der Waals surface area contributed by atoms with Crippen molar-refractivity contribution >= 4 is 53.4 Å². The van der Waals surface area contributed by atoms with Crippen molar-refractivity contribution in [1.82, 2.24) is 25.3 Å². The summed E-state index contributed by atoms with van der Waals surface area (Å²) in [5, 5.41) is 25.8. The number of carbonyl (C=O) groups excluding carboxylic acids is 7. The average Bonchev–Trinajstić information content (AvgIpc) is 2.96. The number of piperazine rings is 1. The summed E-state index contributed by atoms with van der Waals surface area (Å²) in [6.07, 6.45) is -1.68. The second-order valence-corrected chi connectivity index (χ2v) is 10.6. The molecule has 3 aliphatic heterocycles. The van der Waals surface area contributed by atoms with Crippen LogP contribution in [0.3, 0.4) is 0 Å². The predicted octanol–water partition coefficient (Wildman–Crippen LogP) is -5.33. The first-order valence-corrected chi connectivity index (χ1v) is 14.0. The van der Waals surface area contributed by atoms with Gasteiger partial charge in [-0.05, 0) is 12.5 Å². The number of thioether (sulfide) groups is 1. The number of nitrogens with zero attached hydrogens (tertiary/aromatic N) is 3. The molecule has 2 unspecified atom stereocenters. The number of carboxylic acids is 1. The Labute approximate surface area is 272 Å². The number of aliphatic hydroxyl groups is 1. The molecular weight excluding hydrogens is 597 g/mol. The number of aliphatic carboxylic acids is 1. The molecule has 43 heavy (non-hydrogen) atoms. The van der Waals surface area contributed by atoms with E-state index in [4.69, 9.17) is 4.74 Å². The molecule has 0 radical (unpaired) electrons. The summed E-state index contributed by atoms with van der Waals surface area (Å²) < 4.78 is 5.25. The molecule has 0 bridgehead atoms. The fourth-order valence-corrected chi connectivity index (χ4v) is 6.26. The Hall–Kier alpha value is -3.44. The number of imide groups is 1. The van der Waals surface area contributed by atoms with Gasteiger partial charge in [-0.25, -0.2) is 4.79 Å². The standard InChI is InChI=1S/C26H29N5O10S.Na/c1-3-29-9-10-30(23(37)22(29)36)26(40)27-17(14-7-5-4-6-8-14)19(34)28-20(41-13(2)33)16-12-42-24-15(11-32)21(35)31(24)18(16)25(38)39;/h4-8,15,17,20,24,32H,3,9-12H2,1-2H3,(H,27,40)(H,28,34)(H,38,39);/q;+1/p-1/t15-,17?,20?,24-;/m1./s1. The molecule has 0 aromatic heterocycles. The van der Waals surface area contributed by atoms with Gasteiger partial charge in [0.2, 0.25) is 18.0 Å². The van der Waals surface area contributed by atoms with Gasteiger partial charge >= 0.3 is 53.4 Å². The number of likely N-dealkylation sites (N-methyl/N-ethyl adjacent to an activating group) is 1. The molecule has 15 nitrogen and oxygen atoms in total. The number of carbonyl (C=O) groups is 7. The number of carboxylic acid groups (broad SMARTS) is 1. The predicted molar refractivity (Wildman–Crippen MR) is 141 cm³/mol. The first-order chi connectivity index (χ1) is 20.0. The van der Waals surface area contributed by atoms with Crippen LogP contribution in [0.2, 0.25) is 0 Å². The van der Waals surface area contributed by atoms with Gasteiger partial charge in [-0.1, -0.05) is 30.3 Å². The Morgan fingerprint density at radius 3 is 2.35 bits per heavy atom. The zero-order valence-electron chi connectivity index (χ0n) is 23.6. The fraction of sp³-hybridized carbons (Fsp3) is 0.423. The van der Waals surface area contributed by atoms with Crippen molar-refractivity contribution in [2.24, 2.45) is 5.92 Å². The van der Waals surface area contributed by atoms with Crippen LogP contribution in [0.5, 0.6) is 0 Å². The number of hydrogen-bond acceptors (Lipinski definition) is 11. The number of β-lactam (4-membered cyclic amide) rings is 1. The van der Waals surface area contributed by atoms with Crippen LogP contribution >= 0.6 is 11.8 Å². The van der Waals surface area contributed by atoms with Crippen molar-refractivity contribution in [2.45, 2.75) is 31.5 Å². The summed E-state index contributed by atoms with van der Waals surface area (Å²) in [6, 6.07) is 5.34. The Morgan fingerprint density at radius 2 is 1.77 bits per heavy atom. The Bertz CT molecular complexity index is 1360. The number of urea groups is 1. The molecule has 0 spiro atoms. The van der Waals surface area contributed by atoms with E-state index in [1.165, 1.54) is 17.0 Å². The van der Waals surface area contributed by atoms with Gasteiger partial charge in [0, 0.05) is 37.9 Å². The summed E-state index contributed by atoms with van der Waals surface area (Å²) >= 11 is 1.10. The third kappa shape index (κ3) is 6.88. The molecule has 224 valence electrons. The van der Waals surface area contributed by atoms with Crippen LogP contribution in [0.4, 0.5) is 4.79 Å². The third-order valence-electron chi connectivity index (χ3n) is 6.97. The van der Waals surface area contributed by atoms with Crippen molar-refractivity contribution in [3.05, 3.63) is 47.2 Å². The molecule has 2 saturated heterocycles. The van der Waals surface area contributed by atoms with Gasteiger partial charge in [-0.15, -0.1) is 11.8 Å². The minimum atomic E-state index is -1.76. The summed E-state index contributed by atoms with van der Waals surface area (Å²) in [5.74, 6) is -7.13. The van der Waals surface area contributed by atoms with Crippen molar-refractivity contribution < 1.29 is 78.1 Å². The number of aliphatic hydroxyl groups excluding tert-OH is 1. The number of benzene rings is 1. The normalized spacial score (nSPS) is 21.2. The quantitative estimate of drug-likeness (QED) is 0.0777. The van der Waals surface area contributed by atoms with Crippen LogP contribution in [0, 0.1) is 5.92 Å². The zero-order chi connectivity index (χ0) is 30.7. The Kier molecular flexibility index (Phi) is 11.4. The van der Waals surface area contributed by atoms with Crippen LogP contribution in [-0.2, 0) is 33.5 Å². The van der Waals surface area contributed by atoms with Crippen molar-refractivity contribution in [2.75, 3.05) is 32.0 Å². The molecule has 6 amide bonds. The van der Waals surface area contributed by atoms with Gasteiger partial charge in [-0.2, -0.15) is 0 Å². The number of hydrogen-bond donors (Lipinski definition) is 3. The second-order valence-electron chi connectivity index (χ2n) is 9.49.